The van der Waals surface area contributed by atoms with E-state index in [2.05, 4.69) is 70.4 Å². The summed E-state index contributed by atoms with van der Waals surface area (Å²) in [4.78, 5) is 22.9. The second-order valence-corrected chi connectivity index (χ2v) is 10.9. The van der Waals surface area contributed by atoms with Crippen molar-refractivity contribution in [2.24, 2.45) is 0 Å². The van der Waals surface area contributed by atoms with Gasteiger partial charge in [-0.2, -0.15) is 0 Å². The van der Waals surface area contributed by atoms with Crippen molar-refractivity contribution in [1.29, 1.82) is 0 Å². The topological polar surface area (TPSA) is 45.7 Å². The van der Waals surface area contributed by atoms with Crippen LogP contribution in [-0.2, 0) is 13.1 Å². The summed E-state index contributed by atoms with van der Waals surface area (Å²) in [6, 6.07) is 21.2. The molecule has 0 aliphatic carbocycles. The quantitative estimate of drug-likeness (QED) is 0.250. The van der Waals surface area contributed by atoms with Crippen LogP contribution in [0.5, 0.6) is 5.75 Å². The van der Waals surface area contributed by atoms with Gasteiger partial charge in [-0.25, -0.2) is 0 Å². The summed E-state index contributed by atoms with van der Waals surface area (Å²) in [5.74, 6) is 1.07. The number of hydrogen-bond acceptors (Lipinski definition) is 5. The molecular weight excluding hydrogens is 478 g/mol. The molecule has 2 aromatic heterocycles. The summed E-state index contributed by atoms with van der Waals surface area (Å²) < 4.78 is 6.10. The van der Waals surface area contributed by atoms with E-state index in [1.807, 2.05) is 30.6 Å². The minimum Gasteiger partial charge on any atom is -0.494 e. The number of rotatable bonds is 9. The standard InChI is InChI=1S/C31H35N3O2S/c1-23-16-20-37-30(23)31(35)34-18-4-3-8-26(34)15-19-36-27-13-11-24(12-14-27)21-33(2)22-25-7-5-10-29-28(25)9-6-17-32-29/h5-7,9-14,16-17,20,26H,3-4,8,15,18-19,21-22H2,1-2H3/t26-/m0/s1. The first-order chi connectivity index (χ1) is 18.1. The van der Waals surface area contributed by atoms with E-state index in [9.17, 15) is 4.79 Å². The zero-order chi connectivity index (χ0) is 25.6. The second kappa shape index (κ2) is 11.9. The number of likely N-dealkylation sites (tertiary alicyclic amines) is 1. The molecule has 3 heterocycles. The predicted octanol–water partition coefficient (Wildman–Crippen LogP) is 6.70. The number of carbonyl (C=O) groups is 1. The molecule has 6 heteroatoms. The molecular formula is C31H35N3O2S. The Kier molecular flexibility index (Phi) is 8.17. The summed E-state index contributed by atoms with van der Waals surface area (Å²) in [6.45, 7) is 5.21. The fourth-order valence-corrected chi connectivity index (χ4v) is 6.14. The van der Waals surface area contributed by atoms with Gasteiger partial charge in [0, 0.05) is 43.7 Å². The van der Waals surface area contributed by atoms with E-state index in [4.69, 9.17) is 4.74 Å². The third-order valence-corrected chi connectivity index (χ3v) is 8.22. The fraction of sp³-hybridized carbons (Fsp3) is 0.355. The number of benzene rings is 2. The van der Waals surface area contributed by atoms with Crippen molar-refractivity contribution in [2.75, 3.05) is 20.2 Å². The number of fused-ring (bicyclic) bond motifs is 1. The predicted molar refractivity (Wildman–Crippen MR) is 151 cm³/mol. The maximum absolute atomic E-state index is 13.1. The summed E-state index contributed by atoms with van der Waals surface area (Å²) in [6.07, 6.45) is 6.02. The van der Waals surface area contributed by atoms with Gasteiger partial charge in [-0.1, -0.05) is 30.3 Å². The number of aromatic nitrogens is 1. The molecule has 1 atom stereocenters. The average molecular weight is 514 g/mol. The lowest BCUT2D eigenvalue weighted by molar-refractivity contribution is 0.0585. The summed E-state index contributed by atoms with van der Waals surface area (Å²) >= 11 is 1.55. The molecule has 4 aromatic rings. The first kappa shape index (κ1) is 25.4. The Labute approximate surface area is 223 Å². The zero-order valence-corrected chi connectivity index (χ0v) is 22.5. The maximum Gasteiger partial charge on any atom is 0.264 e. The largest absolute Gasteiger partial charge is 0.494 e. The number of amides is 1. The van der Waals surface area contributed by atoms with Crippen molar-refractivity contribution >= 4 is 28.1 Å². The molecule has 37 heavy (non-hydrogen) atoms. The van der Waals surface area contributed by atoms with Crippen LogP contribution in [0.1, 0.15) is 52.0 Å². The van der Waals surface area contributed by atoms with Crippen LogP contribution >= 0.6 is 11.3 Å². The van der Waals surface area contributed by atoms with Gasteiger partial charge in [-0.05, 0) is 85.6 Å². The van der Waals surface area contributed by atoms with Crippen LogP contribution in [0, 0.1) is 6.92 Å². The molecule has 1 fully saturated rings. The Bertz CT molecular complexity index is 1330. The van der Waals surface area contributed by atoms with Gasteiger partial charge in [0.25, 0.3) is 5.91 Å². The highest BCUT2D eigenvalue weighted by atomic mass is 32.1. The molecule has 0 radical (unpaired) electrons. The number of thiophene rings is 1. The molecule has 1 amide bonds. The van der Waals surface area contributed by atoms with E-state index in [1.165, 1.54) is 22.9 Å². The third kappa shape index (κ3) is 6.20. The highest BCUT2D eigenvalue weighted by molar-refractivity contribution is 7.12. The van der Waals surface area contributed by atoms with Gasteiger partial charge in [0.15, 0.2) is 0 Å². The molecule has 0 saturated carbocycles. The van der Waals surface area contributed by atoms with E-state index < -0.39 is 0 Å². The zero-order valence-electron chi connectivity index (χ0n) is 21.7. The molecule has 0 spiro atoms. The lowest BCUT2D eigenvalue weighted by atomic mass is 9.99. The summed E-state index contributed by atoms with van der Waals surface area (Å²) in [5.41, 5.74) is 4.66. The van der Waals surface area contributed by atoms with Gasteiger partial charge < -0.3 is 9.64 Å². The number of ether oxygens (including phenoxy) is 1. The van der Waals surface area contributed by atoms with Gasteiger partial charge in [-0.15, -0.1) is 11.3 Å². The SMILES string of the molecule is Cc1ccsc1C(=O)N1CCCC[C@H]1CCOc1ccc(CN(C)Cc2cccc3ncccc23)cc1. The number of carbonyl (C=O) groups excluding carboxylic acids is 1. The Balaban J connectivity index is 1.12. The van der Waals surface area contributed by atoms with Crippen molar-refractivity contribution < 1.29 is 9.53 Å². The molecule has 192 valence electrons. The Morgan fingerprint density at radius 2 is 1.95 bits per heavy atom. The van der Waals surface area contributed by atoms with Gasteiger partial charge in [0.2, 0.25) is 0 Å². The molecule has 5 rings (SSSR count). The van der Waals surface area contributed by atoms with Crippen molar-refractivity contribution in [3.63, 3.8) is 0 Å². The normalized spacial score (nSPS) is 15.9. The molecule has 1 saturated heterocycles. The minimum atomic E-state index is 0.186. The van der Waals surface area contributed by atoms with Crippen molar-refractivity contribution in [2.45, 2.75) is 51.7 Å². The Morgan fingerprint density at radius 3 is 2.76 bits per heavy atom. The number of pyridine rings is 1. The monoisotopic (exact) mass is 513 g/mol. The van der Waals surface area contributed by atoms with Gasteiger partial charge >= 0.3 is 0 Å². The van der Waals surface area contributed by atoms with Crippen molar-refractivity contribution in [1.82, 2.24) is 14.8 Å². The van der Waals surface area contributed by atoms with Gasteiger partial charge in [0.1, 0.15) is 5.75 Å². The van der Waals surface area contributed by atoms with Crippen LogP contribution in [-0.4, -0.2) is 46.9 Å². The lowest BCUT2D eigenvalue weighted by Crippen LogP contribution is -2.44. The number of hydrogen-bond donors (Lipinski definition) is 0. The number of nitrogens with zero attached hydrogens (tertiary/aromatic N) is 3. The second-order valence-electron chi connectivity index (χ2n) is 10.0. The first-order valence-corrected chi connectivity index (χ1v) is 14.0. The van der Waals surface area contributed by atoms with E-state index in [1.54, 1.807) is 11.3 Å². The summed E-state index contributed by atoms with van der Waals surface area (Å²) in [5, 5.41) is 3.22. The summed E-state index contributed by atoms with van der Waals surface area (Å²) in [7, 11) is 2.15. The van der Waals surface area contributed by atoms with Gasteiger partial charge in [-0.3, -0.25) is 14.7 Å². The van der Waals surface area contributed by atoms with Crippen molar-refractivity contribution in [3.8, 4) is 5.75 Å². The molecule has 0 bridgehead atoms. The van der Waals surface area contributed by atoms with E-state index in [0.29, 0.717) is 6.61 Å². The smallest absolute Gasteiger partial charge is 0.264 e. The highest BCUT2D eigenvalue weighted by Gasteiger charge is 2.28. The number of aryl methyl sites for hydroxylation is 1. The van der Waals surface area contributed by atoms with Crippen LogP contribution in [0.4, 0.5) is 0 Å². The average Bonchev–Trinajstić information content (AvgIpc) is 3.35. The Morgan fingerprint density at radius 1 is 1.08 bits per heavy atom. The molecule has 0 unspecified atom stereocenters. The van der Waals surface area contributed by atoms with Gasteiger partial charge in [0.05, 0.1) is 17.0 Å². The number of piperidine rings is 1. The highest BCUT2D eigenvalue weighted by Crippen LogP contribution is 2.26. The van der Waals surface area contributed by atoms with E-state index in [0.717, 1.165) is 60.6 Å². The van der Waals surface area contributed by atoms with E-state index in [-0.39, 0.29) is 11.9 Å². The van der Waals surface area contributed by atoms with Crippen LogP contribution in [0.15, 0.2) is 72.2 Å². The van der Waals surface area contributed by atoms with E-state index >= 15 is 0 Å². The molecule has 5 nitrogen and oxygen atoms in total. The molecule has 1 aliphatic heterocycles. The van der Waals surface area contributed by atoms with Crippen LogP contribution in [0.3, 0.4) is 0 Å². The maximum atomic E-state index is 13.1. The minimum absolute atomic E-state index is 0.186. The first-order valence-electron chi connectivity index (χ1n) is 13.2. The Hall–Kier alpha value is -3.22. The molecule has 2 aromatic carbocycles. The van der Waals surface area contributed by atoms with Crippen LogP contribution < -0.4 is 4.74 Å². The fourth-order valence-electron chi connectivity index (χ4n) is 5.26. The molecule has 1 aliphatic rings. The third-order valence-electron chi connectivity index (χ3n) is 7.22. The van der Waals surface area contributed by atoms with Crippen molar-refractivity contribution in [3.05, 3.63) is 93.8 Å². The van der Waals surface area contributed by atoms with Crippen LogP contribution in [0.25, 0.3) is 10.9 Å². The molecule has 0 N–H and O–H groups in total. The lowest BCUT2D eigenvalue weighted by Gasteiger charge is -2.35. The van der Waals surface area contributed by atoms with Crippen LogP contribution in [0.2, 0.25) is 0 Å².